The van der Waals surface area contributed by atoms with Crippen LogP contribution in [0.2, 0.25) is 0 Å². The van der Waals surface area contributed by atoms with Crippen LogP contribution in [0, 0.1) is 0 Å². The molecule has 3 aliphatic heterocycles. The van der Waals surface area contributed by atoms with Crippen LogP contribution in [0.3, 0.4) is 0 Å². The minimum absolute atomic E-state index is 0.0463. The molecule has 3 aliphatic rings. The fraction of sp³-hybridized carbons (Fsp3) is 0.444. The topological polar surface area (TPSA) is 64.3 Å². The molecule has 5 rings (SSSR count). The number of hydrogen-bond donors (Lipinski definition) is 1. The third kappa shape index (κ3) is 2.02. The second-order valence-corrected chi connectivity index (χ2v) is 7.89. The Morgan fingerprint density at radius 1 is 1.12 bits per heavy atom. The van der Waals surface area contributed by atoms with E-state index in [-0.39, 0.29) is 11.6 Å². The minimum atomic E-state index is -0.269. The highest BCUT2D eigenvalue weighted by atomic mass is 79.9. The van der Waals surface area contributed by atoms with Crippen LogP contribution in [0.1, 0.15) is 37.3 Å². The van der Waals surface area contributed by atoms with Crippen LogP contribution < -0.4 is 15.4 Å². The first kappa shape index (κ1) is 14.7. The average Bonchev–Trinajstić information content (AvgIpc) is 3.01. The first-order valence-electron chi connectivity index (χ1n) is 8.46. The van der Waals surface area contributed by atoms with Gasteiger partial charge in [-0.05, 0) is 34.8 Å². The maximum atomic E-state index is 6.63. The van der Waals surface area contributed by atoms with Gasteiger partial charge >= 0.3 is 0 Å². The smallest absolute Gasteiger partial charge is 0.147 e. The van der Waals surface area contributed by atoms with Crippen LogP contribution in [0.15, 0.2) is 41.3 Å². The van der Waals surface area contributed by atoms with E-state index in [1.807, 2.05) is 24.4 Å². The Morgan fingerprint density at radius 3 is 2.54 bits per heavy atom. The van der Waals surface area contributed by atoms with E-state index >= 15 is 0 Å². The summed E-state index contributed by atoms with van der Waals surface area (Å²) in [5.74, 6) is 1.92. The van der Waals surface area contributed by atoms with E-state index in [0.29, 0.717) is 12.1 Å². The molecular weight excluding hydrogens is 368 g/mol. The predicted molar refractivity (Wildman–Crippen MR) is 95.0 cm³/mol. The highest BCUT2D eigenvalue weighted by molar-refractivity contribution is 9.10. The number of aromatic nitrogens is 2. The van der Waals surface area contributed by atoms with Crippen LogP contribution in [-0.2, 0) is 0 Å². The molecule has 1 aromatic heterocycles. The van der Waals surface area contributed by atoms with Crippen molar-refractivity contribution < 1.29 is 4.74 Å². The van der Waals surface area contributed by atoms with Gasteiger partial charge in [0.2, 0.25) is 0 Å². The quantitative estimate of drug-likeness (QED) is 0.814. The Balaban J connectivity index is 1.46. The van der Waals surface area contributed by atoms with Crippen LogP contribution >= 0.6 is 15.9 Å². The number of ether oxygens (including phenoxy) is 1. The summed E-state index contributed by atoms with van der Waals surface area (Å²) in [6, 6.07) is 8.99. The van der Waals surface area contributed by atoms with Crippen molar-refractivity contribution in [3.8, 4) is 5.75 Å². The van der Waals surface area contributed by atoms with Gasteiger partial charge in [0.25, 0.3) is 0 Å². The molecule has 124 valence electrons. The van der Waals surface area contributed by atoms with Crippen LogP contribution in [-0.4, -0.2) is 27.7 Å². The maximum absolute atomic E-state index is 6.63. The second-order valence-electron chi connectivity index (χ2n) is 7.08. The van der Waals surface area contributed by atoms with E-state index < -0.39 is 0 Å². The molecule has 2 N–H and O–H groups in total. The second kappa shape index (κ2) is 5.17. The number of nitrogens with two attached hydrogens (primary N) is 1. The van der Waals surface area contributed by atoms with Crippen LogP contribution in [0.5, 0.6) is 5.75 Å². The number of benzene rings is 1. The minimum Gasteiger partial charge on any atom is -0.485 e. The van der Waals surface area contributed by atoms with Crippen molar-refractivity contribution in [2.45, 2.75) is 49.4 Å². The van der Waals surface area contributed by atoms with Crippen molar-refractivity contribution in [1.82, 2.24) is 9.97 Å². The molecule has 2 aromatic rings. The third-order valence-electron chi connectivity index (χ3n) is 5.79. The lowest BCUT2D eigenvalue weighted by Gasteiger charge is -2.46. The highest BCUT2D eigenvalue weighted by Gasteiger charge is 2.56. The zero-order valence-corrected chi connectivity index (χ0v) is 14.8. The van der Waals surface area contributed by atoms with Gasteiger partial charge in [0.15, 0.2) is 0 Å². The Bertz CT molecular complexity index is 767. The molecule has 5 nitrogen and oxygen atoms in total. The number of fused-ring (bicyclic) bond motifs is 3. The molecule has 2 fully saturated rings. The molecule has 1 spiro atoms. The van der Waals surface area contributed by atoms with Gasteiger partial charge in [-0.15, -0.1) is 0 Å². The lowest BCUT2D eigenvalue weighted by atomic mass is 9.79. The van der Waals surface area contributed by atoms with Gasteiger partial charge in [-0.1, -0.05) is 18.2 Å². The van der Waals surface area contributed by atoms with Gasteiger partial charge in [-0.2, -0.15) is 0 Å². The standard InChI is InChI=1S/C18H19BrN4O/c19-15-9-22-16(10-21-15)23-11-5-6-12(23)8-18(7-11)17(20)13-3-1-2-4-14(13)24-18/h1-4,9-12,17H,5-8,20H2/t11-,12+,17-,18?/m1/s1. The number of rotatable bonds is 1. The number of halogens is 1. The maximum Gasteiger partial charge on any atom is 0.147 e. The summed E-state index contributed by atoms with van der Waals surface area (Å²) < 4.78 is 7.20. The molecule has 0 amide bonds. The molecule has 4 atom stereocenters. The number of para-hydroxylation sites is 1. The Morgan fingerprint density at radius 2 is 1.88 bits per heavy atom. The fourth-order valence-corrected chi connectivity index (χ4v) is 4.99. The zero-order chi connectivity index (χ0) is 16.3. The molecule has 1 aromatic carbocycles. The van der Waals surface area contributed by atoms with E-state index in [4.69, 9.17) is 10.5 Å². The molecule has 0 aliphatic carbocycles. The van der Waals surface area contributed by atoms with Gasteiger partial charge in [-0.25, -0.2) is 9.97 Å². The van der Waals surface area contributed by atoms with Crippen molar-refractivity contribution >= 4 is 21.7 Å². The largest absolute Gasteiger partial charge is 0.485 e. The van der Waals surface area contributed by atoms with Gasteiger partial charge in [0.05, 0.1) is 18.4 Å². The van der Waals surface area contributed by atoms with E-state index in [1.54, 1.807) is 6.20 Å². The van der Waals surface area contributed by atoms with Crippen molar-refractivity contribution in [3.63, 3.8) is 0 Å². The van der Waals surface area contributed by atoms with Gasteiger partial charge < -0.3 is 15.4 Å². The lowest BCUT2D eigenvalue weighted by molar-refractivity contribution is 0.0272. The zero-order valence-electron chi connectivity index (χ0n) is 13.2. The third-order valence-corrected chi connectivity index (χ3v) is 6.20. The van der Waals surface area contributed by atoms with Crippen LogP contribution in [0.4, 0.5) is 5.82 Å². The first-order chi connectivity index (χ1) is 11.7. The van der Waals surface area contributed by atoms with Crippen molar-refractivity contribution in [2.75, 3.05) is 4.90 Å². The molecule has 1 unspecified atom stereocenters. The first-order valence-corrected chi connectivity index (χ1v) is 9.25. The van der Waals surface area contributed by atoms with E-state index in [1.165, 1.54) is 0 Å². The van der Waals surface area contributed by atoms with Crippen molar-refractivity contribution in [3.05, 3.63) is 46.8 Å². The summed E-state index contributed by atoms with van der Waals surface area (Å²) in [6.07, 6.45) is 7.84. The van der Waals surface area contributed by atoms with Gasteiger partial charge in [0, 0.05) is 30.5 Å². The summed E-state index contributed by atoms with van der Waals surface area (Å²) in [7, 11) is 0. The molecule has 0 radical (unpaired) electrons. The summed E-state index contributed by atoms with van der Waals surface area (Å²) in [6.45, 7) is 0. The Labute approximate surface area is 149 Å². The molecule has 4 heterocycles. The average molecular weight is 387 g/mol. The Kier molecular flexibility index (Phi) is 3.16. The molecule has 2 bridgehead atoms. The van der Waals surface area contributed by atoms with Gasteiger partial charge in [0.1, 0.15) is 21.8 Å². The van der Waals surface area contributed by atoms with E-state index in [0.717, 1.165) is 47.4 Å². The van der Waals surface area contributed by atoms with E-state index in [9.17, 15) is 0 Å². The molecular formula is C18H19BrN4O. The van der Waals surface area contributed by atoms with Crippen LogP contribution in [0.25, 0.3) is 0 Å². The van der Waals surface area contributed by atoms with E-state index in [2.05, 4.69) is 36.9 Å². The number of hydrogen-bond acceptors (Lipinski definition) is 5. The molecule has 2 saturated heterocycles. The number of nitrogens with zero attached hydrogens (tertiary/aromatic N) is 3. The normalized spacial score (nSPS) is 33.6. The lowest BCUT2D eigenvalue weighted by Crippen LogP contribution is -2.56. The van der Waals surface area contributed by atoms with Crippen molar-refractivity contribution in [1.29, 1.82) is 0 Å². The number of piperidine rings is 1. The molecule has 0 saturated carbocycles. The fourth-order valence-electron chi connectivity index (χ4n) is 4.79. The monoisotopic (exact) mass is 386 g/mol. The molecule has 6 heteroatoms. The summed E-state index contributed by atoms with van der Waals surface area (Å²) in [4.78, 5) is 11.3. The van der Waals surface area contributed by atoms with Crippen molar-refractivity contribution in [2.24, 2.45) is 5.73 Å². The molecule has 24 heavy (non-hydrogen) atoms. The number of anilines is 1. The summed E-state index contributed by atoms with van der Waals surface area (Å²) in [5, 5.41) is 0. The summed E-state index contributed by atoms with van der Waals surface area (Å²) >= 11 is 3.36. The highest BCUT2D eigenvalue weighted by Crippen LogP contribution is 2.53. The Hall–Kier alpha value is -1.66. The SMILES string of the molecule is N[C@@H]1c2ccccc2OC12C[C@H]1CC[C@@H](C2)N1c1cnc(Br)cn1. The van der Waals surface area contributed by atoms with Gasteiger partial charge in [-0.3, -0.25) is 0 Å². The summed E-state index contributed by atoms with van der Waals surface area (Å²) in [5.41, 5.74) is 7.51. The predicted octanol–water partition coefficient (Wildman–Crippen LogP) is 3.20.